The molecule has 6 nitrogen and oxygen atoms in total. The van der Waals surface area contributed by atoms with Crippen molar-refractivity contribution in [2.45, 2.75) is 31.8 Å². The average molecular weight is 224 g/mol. The minimum absolute atomic E-state index is 0.0420. The van der Waals surface area contributed by atoms with Crippen molar-refractivity contribution in [1.29, 1.82) is 0 Å². The van der Waals surface area contributed by atoms with Gasteiger partial charge in [-0.15, -0.1) is 0 Å². The largest absolute Gasteiger partial charge is 0.756 e. The van der Waals surface area contributed by atoms with Gasteiger partial charge in [-0.3, -0.25) is 9.36 Å². The van der Waals surface area contributed by atoms with E-state index in [1.165, 1.54) is 0 Å². The lowest BCUT2D eigenvalue weighted by Gasteiger charge is -2.25. The summed E-state index contributed by atoms with van der Waals surface area (Å²) in [5.74, 6) is 0. The van der Waals surface area contributed by atoms with Crippen LogP contribution < -0.4 is 0 Å². The van der Waals surface area contributed by atoms with Gasteiger partial charge in [0.15, 0.2) is 6.41 Å². The number of amides is 1. The highest BCUT2D eigenvalue weighted by Crippen LogP contribution is 2.45. The Morgan fingerprint density at radius 1 is 1.50 bits per heavy atom. The molecule has 0 aromatic heterocycles. The molecule has 0 saturated carbocycles. The fraction of sp³-hybridized carbons (Fsp3) is 0.857. The molecule has 0 spiro atoms. The van der Waals surface area contributed by atoms with Crippen molar-refractivity contribution in [3.05, 3.63) is 5.21 Å². The summed E-state index contributed by atoms with van der Waals surface area (Å²) in [5.41, 5.74) is -0.816. The fourth-order valence-electron chi connectivity index (χ4n) is 1.14. The summed E-state index contributed by atoms with van der Waals surface area (Å²) >= 11 is 0. The van der Waals surface area contributed by atoms with E-state index in [9.17, 15) is 14.6 Å². The Morgan fingerprint density at radius 3 is 2.43 bits per heavy atom. The van der Waals surface area contributed by atoms with Gasteiger partial charge >= 0.3 is 7.60 Å². The van der Waals surface area contributed by atoms with E-state index < -0.39 is 13.3 Å². The van der Waals surface area contributed by atoms with E-state index in [4.69, 9.17) is 9.79 Å². The van der Waals surface area contributed by atoms with Gasteiger partial charge in [-0.2, -0.15) is 0 Å². The predicted octanol–water partition coefficient (Wildman–Crippen LogP) is 0.679. The average Bonchev–Trinajstić information content (AvgIpc) is 2.09. The second-order valence-electron chi connectivity index (χ2n) is 3.07. The first kappa shape index (κ1) is 13.6. The summed E-state index contributed by atoms with van der Waals surface area (Å²) in [6, 6.07) is 0. The molecule has 0 aliphatic carbocycles. The molecule has 1 amide bonds. The molecule has 0 aliphatic heterocycles. The third-order valence-electron chi connectivity index (χ3n) is 1.90. The van der Waals surface area contributed by atoms with E-state index in [-0.39, 0.29) is 24.4 Å². The van der Waals surface area contributed by atoms with Gasteiger partial charge in [-0.25, -0.2) is 0 Å². The van der Waals surface area contributed by atoms with E-state index in [1.54, 1.807) is 6.92 Å². The summed E-state index contributed by atoms with van der Waals surface area (Å²) in [5, 5.41) is 10.7. The molecule has 0 fully saturated rings. The van der Waals surface area contributed by atoms with E-state index in [0.717, 1.165) is 0 Å². The first-order valence-corrected chi connectivity index (χ1v) is 6.04. The zero-order valence-electron chi connectivity index (χ0n) is 8.00. The van der Waals surface area contributed by atoms with Gasteiger partial charge in [0.05, 0.1) is 5.66 Å². The molecule has 2 N–H and O–H groups in total. The van der Waals surface area contributed by atoms with Crippen LogP contribution in [0.5, 0.6) is 0 Å². The van der Waals surface area contributed by atoms with E-state index in [0.29, 0.717) is 12.8 Å². The van der Waals surface area contributed by atoms with Gasteiger partial charge < -0.3 is 20.1 Å². The highest BCUT2D eigenvalue weighted by Gasteiger charge is 2.27. The molecule has 7 heteroatoms. The lowest BCUT2D eigenvalue weighted by Crippen LogP contribution is -2.20. The van der Waals surface area contributed by atoms with E-state index >= 15 is 0 Å². The van der Waals surface area contributed by atoms with Crippen LogP contribution in [-0.2, 0) is 9.36 Å². The number of carbonyl (C=O) groups is 1. The van der Waals surface area contributed by atoms with Gasteiger partial charge in [-0.05, 0) is 12.8 Å². The van der Waals surface area contributed by atoms with Crippen molar-refractivity contribution in [1.82, 2.24) is 5.06 Å². The third kappa shape index (κ3) is 5.34. The van der Waals surface area contributed by atoms with Crippen LogP contribution in [0.15, 0.2) is 0 Å². The maximum atomic E-state index is 10.9. The summed E-state index contributed by atoms with van der Waals surface area (Å²) in [6.45, 7) is 1.64. The van der Waals surface area contributed by atoms with Gasteiger partial charge in [-0.1, -0.05) is 13.3 Å². The topological polar surface area (TPSA) is 101 Å². The molecule has 0 saturated heterocycles. The smallest absolute Gasteiger partial charge is 0.328 e. The minimum atomic E-state index is -4.14. The van der Waals surface area contributed by atoms with Crippen molar-refractivity contribution in [3.8, 4) is 0 Å². The van der Waals surface area contributed by atoms with Crippen molar-refractivity contribution in [3.63, 3.8) is 0 Å². The Bertz CT molecular complexity index is 216. The number of hydrogen-bond acceptors (Lipinski definition) is 3. The molecule has 0 heterocycles. The Balaban J connectivity index is 4.11. The molecule has 0 radical (unpaired) electrons. The van der Waals surface area contributed by atoms with Crippen molar-refractivity contribution in [2.24, 2.45) is 0 Å². The number of hydroxylamine groups is 2. The van der Waals surface area contributed by atoms with Crippen LogP contribution >= 0.6 is 7.60 Å². The molecule has 0 aromatic carbocycles. The highest BCUT2D eigenvalue weighted by atomic mass is 31.2. The van der Waals surface area contributed by atoms with Crippen LogP contribution in [0.1, 0.15) is 26.2 Å². The summed E-state index contributed by atoms with van der Waals surface area (Å²) in [6.07, 6.45) is 1.13. The molecule has 0 aromatic rings. The standard InChI is InChI=1S/C7H15NO5P/c1-2-3-7(14(11,12)13)4-5-8(10)6-9/h6-7H,2-5H2,1H3,(H2,11,12,13)/q-1. The minimum Gasteiger partial charge on any atom is -0.756 e. The molecule has 1 atom stereocenters. The second-order valence-corrected chi connectivity index (χ2v) is 4.97. The van der Waals surface area contributed by atoms with Crippen LogP contribution in [0.25, 0.3) is 0 Å². The predicted molar refractivity (Wildman–Crippen MR) is 51.5 cm³/mol. The maximum absolute atomic E-state index is 10.9. The summed E-state index contributed by atoms with van der Waals surface area (Å²) < 4.78 is 10.9. The van der Waals surface area contributed by atoms with Crippen LogP contribution in [0.2, 0.25) is 0 Å². The molecular weight excluding hydrogens is 209 g/mol. The highest BCUT2D eigenvalue weighted by molar-refractivity contribution is 7.52. The number of hydrogen-bond donors (Lipinski definition) is 2. The van der Waals surface area contributed by atoms with Crippen LogP contribution in [0.3, 0.4) is 0 Å². The van der Waals surface area contributed by atoms with Crippen LogP contribution in [-0.4, -0.2) is 33.5 Å². The van der Waals surface area contributed by atoms with Crippen LogP contribution in [0, 0.1) is 5.21 Å². The quantitative estimate of drug-likeness (QED) is 0.376. The Kier molecular flexibility index (Phi) is 5.95. The fourth-order valence-corrected chi connectivity index (χ4v) is 2.19. The third-order valence-corrected chi connectivity index (χ3v) is 3.37. The Labute approximate surface area is 82.6 Å². The molecule has 0 aliphatic rings. The lowest BCUT2D eigenvalue weighted by atomic mass is 10.2. The SMILES string of the molecule is CCCC(CCN([O-])C=O)P(=O)(O)O. The van der Waals surface area contributed by atoms with Crippen LogP contribution in [0.4, 0.5) is 0 Å². The van der Waals surface area contributed by atoms with Gasteiger partial charge in [0.1, 0.15) is 0 Å². The van der Waals surface area contributed by atoms with Crippen molar-refractivity contribution >= 4 is 14.0 Å². The first-order valence-electron chi connectivity index (χ1n) is 4.36. The second kappa shape index (κ2) is 6.14. The summed E-state index contributed by atoms with van der Waals surface area (Å²) in [7, 11) is -4.14. The normalized spacial score (nSPS) is 13.7. The number of carbonyl (C=O) groups excluding carboxylic acids is 1. The zero-order valence-corrected chi connectivity index (χ0v) is 8.89. The number of rotatable bonds is 7. The monoisotopic (exact) mass is 224 g/mol. The first-order chi connectivity index (χ1) is 6.41. The zero-order chi connectivity index (χ0) is 11.2. The summed E-state index contributed by atoms with van der Waals surface area (Å²) in [4.78, 5) is 27.7. The number of nitrogens with zero attached hydrogens (tertiary/aromatic N) is 1. The molecule has 0 rings (SSSR count). The van der Waals surface area contributed by atoms with Gasteiger partial charge in [0.25, 0.3) is 0 Å². The molecule has 0 bridgehead atoms. The molecular formula is C7H15NO5P-. The van der Waals surface area contributed by atoms with Gasteiger partial charge in [0.2, 0.25) is 0 Å². The molecule has 14 heavy (non-hydrogen) atoms. The molecule has 84 valence electrons. The molecule has 1 unspecified atom stereocenters. The van der Waals surface area contributed by atoms with Crippen molar-refractivity contribution < 1.29 is 19.1 Å². The lowest BCUT2D eigenvalue weighted by molar-refractivity contribution is -0.116. The Morgan fingerprint density at radius 2 is 2.07 bits per heavy atom. The maximum Gasteiger partial charge on any atom is 0.328 e. The van der Waals surface area contributed by atoms with Crippen molar-refractivity contribution in [2.75, 3.05) is 6.54 Å². The Hall–Kier alpha value is -0.420. The van der Waals surface area contributed by atoms with E-state index in [1.807, 2.05) is 0 Å². The van der Waals surface area contributed by atoms with E-state index in [2.05, 4.69) is 0 Å². The van der Waals surface area contributed by atoms with Gasteiger partial charge in [0, 0.05) is 6.54 Å².